The number of nitrogens with zero attached hydrogens (tertiary/aromatic N) is 2. The SMILES string of the molecule is COc1ccc(CN(C)C(=O)CC(CN(C)C=O)C(=O)NC(c2cccc(Cl)c2)C2CCCC2)cc1. The number of halogens is 1. The Bertz CT molecular complexity index is 1020. The van der Waals surface area contributed by atoms with Gasteiger partial charge in [0.1, 0.15) is 5.75 Å². The summed E-state index contributed by atoms with van der Waals surface area (Å²) in [7, 11) is 4.94. The summed E-state index contributed by atoms with van der Waals surface area (Å²) in [5.74, 6) is -0.00508. The molecule has 2 atom stereocenters. The Morgan fingerprint density at radius 3 is 2.44 bits per heavy atom. The molecule has 2 aromatic rings. The van der Waals surface area contributed by atoms with Gasteiger partial charge in [0, 0.05) is 38.6 Å². The number of carbonyl (C=O) groups excluding carboxylic acids is 3. The van der Waals surface area contributed by atoms with Crippen LogP contribution in [-0.4, -0.2) is 55.8 Å². The molecule has 2 unspecified atom stereocenters. The van der Waals surface area contributed by atoms with Crippen LogP contribution in [0.25, 0.3) is 0 Å². The van der Waals surface area contributed by atoms with Crippen molar-refractivity contribution in [2.75, 3.05) is 27.7 Å². The smallest absolute Gasteiger partial charge is 0.225 e. The topological polar surface area (TPSA) is 79.0 Å². The molecule has 1 aliphatic rings. The summed E-state index contributed by atoms with van der Waals surface area (Å²) in [5, 5.41) is 3.84. The quantitative estimate of drug-likeness (QED) is 0.425. The Morgan fingerprint density at radius 2 is 1.83 bits per heavy atom. The highest BCUT2D eigenvalue weighted by Crippen LogP contribution is 2.36. The molecule has 1 fully saturated rings. The largest absolute Gasteiger partial charge is 0.497 e. The zero-order chi connectivity index (χ0) is 26.1. The molecule has 0 aliphatic heterocycles. The summed E-state index contributed by atoms with van der Waals surface area (Å²) in [4.78, 5) is 41.0. The van der Waals surface area contributed by atoms with Gasteiger partial charge in [-0.2, -0.15) is 0 Å². The van der Waals surface area contributed by atoms with Gasteiger partial charge >= 0.3 is 0 Å². The fourth-order valence-corrected chi connectivity index (χ4v) is 5.02. The lowest BCUT2D eigenvalue weighted by Gasteiger charge is -2.29. The van der Waals surface area contributed by atoms with Gasteiger partial charge in [0.2, 0.25) is 18.2 Å². The van der Waals surface area contributed by atoms with Crippen molar-refractivity contribution >= 4 is 29.8 Å². The summed E-state index contributed by atoms with van der Waals surface area (Å²) < 4.78 is 5.19. The van der Waals surface area contributed by atoms with Gasteiger partial charge in [-0.1, -0.05) is 48.7 Å². The van der Waals surface area contributed by atoms with Gasteiger partial charge < -0.3 is 19.9 Å². The zero-order valence-corrected chi connectivity index (χ0v) is 22.0. The molecule has 0 heterocycles. The molecule has 0 radical (unpaired) electrons. The number of rotatable bonds is 12. The van der Waals surface area contributed by atoms with Crippen LogP contribution < -0.4 is 10.1 Å². The van der Waals surface area contributed by atoms with Crippen LogP contribution in [-0.2, 0) is 20.9 Å². The minimum Gasteiger partial charge on any atom is -0.497 e. The van der Waals surface area contributed by atoms with E-state index in [2.05, 4.69) is 5.32 Å². The molecule has 0 saturated heterocycles. The van der Waals surface area contributed by atoms with Crippen molar-refractivity contribution in [2.24, 2.45) is 11.8 Å². The number of carbonyl (C=O) groups is 3. The molecule has 0 aromatic heterocycles. The van der Waals surface area contributed by atoms with E-state index in [0.29, 0.717) is 23.9 Å². The normalized spacial score (nSPS) is 15.1. The third kappa shape index (κ3) is 7.72. The minimum absolute atomic E-state index is 0.00357. The Balaban J connectivity index is 1.73. The maximum Gasteiger partial charge on any atom is 0.225 e. The first kappa shape index (κ1) is 27.5. The molecule has 1 N–H and O–H groups in total. The average molecular weight is 514 g/mol. The maximum atomic E-state index is 13.5. The van der Waals surface area contributed by atoms with Crippen molar-refractivity contribution in [1.29, 1.82) is 0 Å². The van der Waals surface area contributed by atoms with E-state index in [9.17, 15) is 14.4 Å². The monoisotopic (exact) mass is 513 g/mol. The molecule has 194 valence electrons. The second kappa shape index (κ2) is 13.3. The minimum atomic E-state index is -0.672. The third-order valence-electron chi connectivity index (χ3n) is 6.86. The van der Waals surface area contributed by atoms with E-state index in [1.54, 1.807) is 26.1 Å². The van der Waals surface area contributed by atoms with Crippen LogP contribution in [0.2, 0.25) is 5.02 Å². The van der Waals surface area contributed by atoms with Crippen LogP contribution in [0.1, 0.15) is 49.3 Å². The van der Waals surface area contributed by atoms with Crippen molar-refractivity contribution < 1.29 is 19.1 Å². The number of nitrogens with one attached hydrogen (secondary N) is 1. The molecule has 3 rings (SSSR count). The molecule has 1 aliphatic carbocycles. The van der Waals surface area contributed by atoms with Crippen LogP contribution in [0, 0.1) is 11.8 Å². The second-order valence-corrected chi connectivity index (χ2v) is 10.1. The molecule has 0 bridgehead atoms. The number of methoxy groups -OCH3 is 1. The zero-order valence-electron chi connectivity index (χ0n) is 21.3. The van der Waals surface area contributed by atoms with E-state index in [1.807, 2.05) is 48.5 Å². The van der Waals surface area contributed by atoms with E-state index in [-0.39, 0.29) is 30.8 Å². The van der Waals surface area contributed by atoms with Crippen LogP contribution >= 0.6 is 11.6 Å². The van der Waals surface area contributed by atoms with Gasteiger partial charge in [0.25, 0.3) is 0 Å². The Hall–Kier alpha value is -3.06. The van der Waals surface area contributed by atoms with E-state index < -0.39 is 5.92 Å². The predicted molar refractivity (Wildman–Crippen MR) is 141 cm³/mol. The van der Waals surface area contributed by atoms with Crippen LogP contribution in [0.3, 0.4) is 0 Å². The highest BCUT2D eigenvalue weighted by molar-refractivity contribution is 6.30. The fraction of sp³-hybridized carbons (Fsp3) is 0.464. The Morgan fingerprint density at radius 1 is 1.14 bits per heavy atom. The molecule has 1 saturated carbocycles. The molecule has 36 heavy (non-hydrogen) atoms. The Kier molecular flexibility index (Phi) is 10.2. The molecule has 0 spiro atoms. The summed E-state index contributed by atoms with van der Waals surface area (Å²) >= 11 is 6.25. The molecule has 7 nitrogen and oxygen atoms in total. The number of hydrogen-bond acceptors (Lipinski definition) is 4. The van der Waals surface area contributed by atoms with Crippen molar-refractivity contribution in [1.82, 2.24) is 15.1 Å². The molecule has 8 heteroatoms. The first-order valence-electron chi connectivity index (χ1n) is 12.4. The molecule has 2 aromatic carbocycles. The fourth-order valence-electron chi connectivity index (χ4n) is 4.83. The average Bonchev–Trinajstić information content (AvgIpc) is 3.41. The highest BCUT2D eigenvalue weighted by Gasteiger charge is 2.32. The lowest BCUT2D eigenvalue weighted by Crippen LogP contribution is -2.43. The van der Waals surface area contributed by atoms with E-state index >= 15 is 0 Å². The lowest BCUT2D eigenvalue weighted by atomic mass is 9.90. The standard InChI is InChI=1S/C28H36ClN3O4/c1-31(19-33)18-23(16-26(34)32(2)17-20-11-13-25(36-3)14-12-20)28(35)30-27(21-7-4-5-8-21)22-9-6-10-24(29)15-22/h6,9-15,19,21,23,27H,4-5,7-8,16-18H2,1-3H3,(H,30,35). The first-order valence-corrected chi connectivity index (χ1v) is 12.8. The third-order valence-corrected chi connectivity index (χ3v) is 7.10. The highest BCUT2D eigenvalue weighted by atomic mass is 35.5. The first-order chi connectivity index (χ1) is 17.3. The van der Waals surface area contributed by atoms with Gasteiger partial charge in [-0.15, -0.1) is 0 Å². The molecular weight excluding hydrogens is 478 g/mol. The number of benzene rings is 2. The van der Waals surface area contributed by atoms with Gasteiger partial charge in [0.05, 0.1) is 19.1 Å². The lowest BCUT2D eigenvalue weighted by molar-refractivity contribution is -0.137. The van der Waals surface area contributed by atoms with Crippen molar-refractivity contribution in [3.8, 4) is 5.75 Å². The van der Waals surface area contributed by atoms with Gasteiger partial charge in [-0.3, -0.25) is 14.4 Å². The Labute approximate surface area is 218 Å². The summed E-state index contributed by atoms with van der Waals surface area (Å²) in [6.45, 7) is 0.568. The van der Waals surface area contributed by atoms with Gasteiger partial charge in [-0.25, -0.2) is 0 Å². The van der Waals surface area contributed by atoms with Crippen molar-refractivity contribution in [2.45, 2.75) is 44.7 Å². The summed E-state index contributed by atoms with van der Waals surface area (Å²) in [6, 6.07) is 14.9. The van der Waals surface area contributed by atoms with Gasteiger partial charge in [-0.05, 0) is 54.2 Å². The van der Waals surface area contributed by atoms with Crippen molar-refractivity contribution in [3.63, 3.8) is 0 Å². The number of hydrogen-bond donors (Lipinski definition) is 1. The summed E-state index contributed by atoms with van der Waals surface area (Å²) in [5.41, 5.74) is 1.92. The molecular formula is C28H36ClN3O4. The predicted octanol–water partition coefficient (Wildman–Crippen LogP) is 4.45. The second-order valence-electron chi connectivity index (χ2n) is 9.63. The van der Waals surface area contributed by atoms with Crippen LogP contribution in [0.15, 0.2) is 48.5 Å². The van der Waals surface area contributed by atoms with E-state index in [1.165, 1.54) is 4.90 Å². The van der Waals surface area contributed by atoms with E-state index in [0.717, 1.165) is 42.6 Å². The van der Waals surface area contributed by atoms with Crippen LogP contribution in [0.4, 0.5) is 0 Å². The van der Waals surface area contributed by atoms with Crippen LogP contribution in [0.5, 0.6) is 5.75 Å². The van der Waals surface area contributed by atoms with Crippen molar-refractivity contribution in [3.05, 3.63) is 64.7 Å². The number of amides is 3. The van der Waals surface area contributed by atoms with Gasteiger partial charge in [0.15, 0.2) is 0 Å². The number of ether oxygens (including phenoxy) is 1. The van der Waals surface area contributed by atoms with E-state index in [4.69, 9.17) is 16.3 Å². The molecule has 3 amide bonds. The maximum absolute atomic E-state index is 13.5. The summed E-state index contributed by atoms with van der Waals surface area (Å²) in [6.07, 6.45) is 4.99.